The predicted molar refractivity (Wildman–Crippen MR) is 252 cm³/mol. The lowest BCUT2D eigenvalue weighted by atomic mass is 9.78. The van der Waals surface area contributed by atoms with Crippen LogP contribution in [0.4, 0.5) is 28.4 Å². The summed E-state index contributed by atoms with van der Waals surface area (Å²) in [4.78, 5) is 4.95. The van der Waals surface area contributed by atoms with Gasteiger partial charge in [-0.05, 0) is 149 Å². The average Bonchev–Trinajstić information content (AvgIpc) is 3.61. The van der Waals surface area contributed by atoms with E-state index < -0.39 is 0 Å². The highest BCUT2D eigenvalue weighted by Gasteiger charge is 2.44. The molecule has 0 N–H and O–H groups in total. The molecule has 0 spiro atoms. The van der Waals surface area contributed by atoms with Gasteiger partial charge in [0.05, 0.1) is 11.7 Å². The summed E-state index contributed by atoms with van der Waals surface area (Å²) in [5.41, 5.74) is 19.6. The Balaban J connectivity index is 1.13. The maximum atomic E-state index is 2.60. The van der Waals surface area contributed by atoms with Crippen molar-refractivity contribution in [3.63, 3.8) is 0 Å². The van der Waals surface area contributed by atoms with Crippen LogP contribution >= 0.6 is 0 Å². The highest BCUT2D eigenvalue weighted by molar-refractivity contribution is 6.10. The predicted octanol–water partition coefficient (Wildman–Crippen LogP) is 15.6. The summed E-state index contributed by atoms with van der Waals surface area (Å²) in [7, 11) is 0. The van der Waals surface area contributed by atoms with Gasteiger partial charge in [-0.1, -0.05) is 142 Å². The molecule has 0 aromatic heterocycles. The SMILES string of the molecule is CC1=C(C2=CCCC=C2C(C)N(c2ccccc2)c2ccccc2)c2cc3c(cc2C1(C)C)-c1c(cc(N(c2ccccc2)c2ccccc2)c2ccccc12)C3(C)C. The number of fused-ring (bicyclic) bond motifs is 6. The molecule has 0 bridgehead atoms. The van der Waals surface area contributed by atoms with Gasteiger partial charge in [-0.3, -0.25) is 0 Å². The molecule has 2 nitrogen and oxygen atoms in total. The summed E-state index contributed by atoms with van der Waals surface area (Å²) in [5.74, 6) is 0. The number of hydrogen-bond donors (Lipinski definition) is 0. The minimum atomic E-state index is -0.229. The zero-order valence-corrected chi connectivity index (χ0v) is 35.1. The smallest absolute Gasteiger partial charge is 0.0566 e. The monoisotopic (exact) mass is 764 g/mol. The lowest BCUT2D eigenvalue weighted by Gasteiger charge is -2.36. The molecule has 0 radical (unpaired) electrons. The Morgan fingerprint density at radius 1 is 0.492 bits per heavy atom. The molecule has 0 aliphatic heterocycles. The van der Waals surface area contributed by atoms with Gasteiger partial charge in [0, 0.05) is 39.0 Å². The van der Waals surface area contributed by atoms with Gasteiger partial charge in [0.2, 0.25) is 0 Å². The Labute approximate surface area is 350 Å². The van der Waals surface area contributed by atoms with Crippen LogP contribution in [0.3, 0.4) is 0 Å². The Kier molecular flexibility index (Phi) is 8.87. The van der Waals surface area contributed by atoms with Crippen LogP contribution in [0, 0.1) is 0 Å². The summed E-state index contributed by atoms with van der Waals surface area (Å²) >= 11 is 0. The largest absolute Gasteiger partial charge is 0.334 e. The molecule has 3 aliphatic carbocycles. The highest BCUT2D eigenvalue weighted by atomic mass is 15.2. The Morgan fingerprint density at radius 2 is 0.966 bits per heavy atom. The first-order valence-electron chi connectivity index (χ1n) is 21.3. The number of benzene rings is 7. The second kappa shape index (κ2) is 14.2. The molecule has 7 aromatic rings. The third kappa shape index (κ3) is 5.83. The summed E-state index contributed by atoms with van der Waals surface area (Å²) in [6.07, 6.45) is 7.16. The average molecular weight is 765 g/mol. The van der Waals surface area contributed by atoms with E-state index in [2.05, 4.69) is 227 Å². The van der Waals surface area contributed by atoms with Crippen molar-refractivity contribution in [3.05, 3.63) is 215 Å². The molecule has 3 aliphatic rings. The van der Waals surface area contributed by atoms with E-state index in [9.17, 15) is 0 Å². The van der Waals surface area contributed by atoms with Gasteiger partial charge in [0.15, 0.2) is 0 Å². The lowest BCUT2D eigenvalue weighted by Crippen LogP contribution is -2.31. The molecule has 1 atom stereocenters. The van der Waals surface area contributed by atoms with Crippen molar-refractivity contribution < 1.29 is 0 Å². The summed E-state index contributed by atoms with van der Waals surface area (Å²) in [6, 6.07) is 60.3. The second-order valence-electron chi connectivity index (χ2n) is 17.6. The number of allylic oxidation sites excluding steroid dienone is 4. The van der Waals surface area contributed by atoms with Crippen LogP contribution in [-0.4, -0.2) is 6.04 Å². The van der Waals surface area contributed by atoms with Crippen molar-refractivity contribution >= 4 is 44.8 Å². The van der Waals surface area contributed by atoms with Gasteiger partial charge in [-0.25, -0.2) is 0 Å². The van der Waals surface area contributed by atoms with Crippen LogP contribution in [0.2, 0.25) is 0 Å². The highest BCUT2D eigenvalue weighted by Crippen LogP contribution is 2.59. The minimum absolute atomic E-state index is 0.121. The van der Waals surface area contributed by atoms with Crippen LogP contribution in [-0.2, 0) is 10.8 Å². The van der Waals surface area contributed by atoms with E-state index in [1.165, 1.54) is 83.5 Å². The van der Waals surface area contributed by atoms with Crippen molar-refractivity contribution in [2.45, 2.75) is 71.3 Å². The summed E-state index contributed by atoms with van der Waals surface area (Å²) < 4.78 is 0. The normalized spacial score (nSPS) is 16.5. The van der Waals surface area contributed by atoms with Crippen LogP contribution in [0.25, 0.3) is 27.5 Å². The molecule has 0 saturated carbocycles. The second-order valence-corrected chi connectivity index (χ2v) is 17.6. The Hall–Kier alpha value is -6.38. The molecule has 0 heterocycles. The standard InChI is InChI=1S/C57H52N2/c1-38-54(46-33-21-19-31-44(46)39(2)58(40-23-11-7-12-24-40)41-25-13-8-14-26-41)48-35-51-49(36-50(48)56(38,3)4)55-47-34-22-20-32-45(47)53(37-52(55)57(51,5)6)59(42-27-15-9-16-28-42)43-29-17-10-18-30-43/h7-18,20,22-37,39H,19,21H2,1-6H3. The third-order valence-corrected chi connectivity index (χ3v) is 13.7. The number of anilines is 5. The zero-order valence-electron chi connectivity index (χ0n) is 35.1. The maximum absolute atomic E-state index is 2.60. The first-order valence-corrected chi connectivity index (χ1v) is 21.3. The van der Waals surface area contributed by atoms with Crippen molar-refractivity contribution in [2.75, 3.05) is 9.80 Å². The quantitative estimate of drug-likeness (QED) is 0.152. The molecule has 2 heteroatoms. The molecule has 0 amide bonds. The molecule has 290 valence electrons. The van der Waals surface area contributed by atoms with E-state index in [0.29, 0.717) is 0 Å². The molecule has 7 aromatic carbocycles. The fourth-order valence-corrected chi connectivity index (χ4v) is 10.4. The van der Waals surface area contributed by atoms with Crippen molar-refractivity contribution in [2.24, 2.45) is 0 Å². The van der Waals surface area contributed by atoms with Gasteiger partial charge in [-0.2, -0.15) is 0 Å². The molecule has 59 heavy (non-hydrogen) atoms. The van der Waals surface area contributed by atoms with Gasteiger partial charge >= 0.3 is 0 Å². The van der Waals surface area contributed by atoms with Crippen LogP contribution in [0.15, 0.2) is 193 Å². The van der Waals surface area contributed by atoms with Gasteiger partial charge in [-0.15, -0.1) is 0 Å². The first-order chi connectivity index (χ1) is 28.7. The third-order valence-electron chi connectivity index (χ3n) is 13.7. The molecular weight excluding hydrogens is 713 g/mol. The van der Waals surface area contributed by atoms with Gasteiger partial charge < -0.3 is 9.80 Å². The lowest BCUT2D eigenvalue weighted by molar-refractivity contribution is 0.635. The molecule has 1 unspecified atom stereocenters. The molecule has 0 fully saturated rings. The summed E-state index contributed by atoms with van der Waals surface area (Å²) in [6.45, 7) is 14.6. The van der Waals surface area contributed by atoms with E-state index in [-0.39, 0.29) is 16.9 Å². The van der Waals surface area contributed by atoms with Gasteiger partial charge in [0.1, 0.15) is 0 Å². The Bertz CT molecular complexity index is 2750. The maximum Gasteiger partial charge on any atom is 0.0566 e. The van der Waals surface area contributed by atoms with Gasteiger partial charge in [0.25, 0.3) is 0 Å². The fraction of sp³-hybridized carbons (Fsp3) is 0.193. The van der Waals surface area contributed by atoms with E-state index in [1.54, 1.807) is 0 Å². The van der Waals surface area contributed by atoms with Crippen LogP contribution in [0.5, 0.6) is 0 Å². The molecular formula is C57H52N2. The topological polar surface area (TPSA) is 6.48 Å². The Morgan fingerprint density at radius 3 is 1.54 bits per heavy atom. The number of hydrogen-bond acceptors (Lipinski definition) is 2. The van der Waals surface area contributed by atoms with E-state index in [4.69, 9.17) is 0 Å². The molecule has 0 saturated heterocycles. The molecule has 10 rings (SSSR count). The number of para-hydroxylation sites is 4. The summed E-state index contributed by atoms with van der Waals surface area (Å²) in [5, 5.41) is 2.56. The zero-order chi connectivity index (χ0) is 40.5. The number of rotatable bonds is 8. The van der Waals surface area contributed by atoms with E-state index >= 15 is 0 Å². The van der Waals surface area contributed by atoms with Crippen molar-refractivity contribution in [1.82, 2.24) is 0 Å². The van der Waals surface area contributed by atoms with Crippen molar-refractivity contribution in [3.8, 4) is 11.1 Å². The minimum Gasteiger partial charge on any atom is -0.334 e. The van der Waals surface area contributed by atoms with Crippen LogP contribution in [0.1, 0.15) is 76.6 Å². The van der Waals surface area contributed by atoms with Crippen LogP contribution < -0.4 is 9.80 Å². The first kappa shape index (κ1) is 36.9. The number of nitrogens with zero attached hydrogens (tertiary/aromatic N) is 2. The van der Waals surface area contributed by atoms with Crippen molar-refractivity contribution in [1.29, 1.82) is 0 Å². The van der Waals surface area contributed by atoms with E-state index in [1.807, 2.05) is 0 Å². The van der Waals surface area contributed by atoms with E-state index in [0.717, 1.165) is 24.2 Å². The fourth-order valence-electron chi connectivity index (χ4n) is 10.4.